The maximum atomic E-state index is 6.61. The summed E-state index contributed by atoms with van der Waals surface area (Å²) in [6.45, 7) is 0. The van der Waals surface area contributed by atoms with Crippen molar-refractivity contribution in [1.82, 2.24) is 15.0 Å². The first-order valence-electron chi connectivity index (χ1n) is 23.8. The molecule has 12 aromatic rings. The Morgan fingerprint density at radius 1 is 0.343 bits per heavy atom. The van der Waals surface area contributed by atoms with Crippen LogP contribution in [0.2, 0.25) is 0 Å². The quantitative estimate of drug-likeness (QED) is 0.166. The third kappa shape index (κ3) is 5.85. The molecule has 16 rings (SSSR count). The number of aromatic nitrogens is 3. The molecule has 6 heteroatoms. The number of benzene rings is 8. The lowest BCUT2D eigenvalue weighted by molar-refractivity contribution is -0.00518. The van der Waals surface area contributed by atoms with Crippen LogP contribution in [0.1, 0.15) is 44.1 Å². The van der Waals surface area contributed by atoms with Crippen LogP contribution in [0.3, 0.4) is 0 Å². The summed E-state index contributed by atoms with van der Waals surface area (Å²) in [5.74, 6) is 4.27. The number of hydrogen-bond donors (Lipinski definition) is 0. The van der Waals surface area contributed by atoms with Crippen molar-refractivity contribution < 1.29 is 13.3 Å². The van der Waals surface area contributed by atoms with Gasteiger partial charge in [-0.1, -0.05) is 109 Å². The van der Waals surface area contributed by atoms with E-state index in [1.165, 1.54) is 44.1 Å². The van der Waals surface area contributed by atoms with Crippen LogP contribution in [0.5, 0.6) is 0 Å². The van der Waals surface area contributed by atoms with Crippen LogP contribution in [0.4, 0.5) is 0 Å². The molecule has 4 aliphatic carbocycles. The molecule has 0 radical (unpaired) electrons. The molecule has 0 unspecified atom stereocenters. The number of furan rings is 3. The fraction of sp³-hybridized carbons (Fsp3) is 0.164. The lowest BCUT2D eigenvalue weighted by atomic mass is 9.48. The van der Waals surface area contributed by atoms with Crippen molar-refractivity contribution >= 4 is 65.8 Å². The number of rotatable bonds is 6. The van der Waals surface area contributed by atoms with E-state index in [0.717, 1.165) is 123 Å². The summed E-state index contributed by atoms with van der Waals surface area (Å²) in [5.41, 5.74) is 13.5. The molecule has 0 saturated heterocycles. The van der Waals surface area contributed by atoms with Gasteiger partial charge >= 0.3 is 0 Å². The van der Waals surface area contributed by atoms with E-state index in [0.29, 0.717) is 22.9 Å². The predicted molar refractivity (Wildman–Crippen MR) is 269 cm³/mol. The van der Waals surface area contributed by atoms with Crippen molar-refractivity contribution in [3.8, 4) is 56.4 Å². The molecular formula is C61H43N3O3. The Balaban J connectivity index is 0.943. The first kappa shape index (κ1) is 37.4. The van der Waals surface area contributed by atoms with Crippen LogP contribution in [0.25, 0.3) is 122 Å². The van der Waals surface area contributed by atoms with E-state index >= 15 is 0 Å². The van der Waals surface area contributed by atoms with Gasteiger partial charge in [-0.05, 0) is 150 Å². The minimum atomic E-state index is 0.325. The largest absolute Gasteiger partial charge is 0.456 e. The zero-order valence-electron chi connectivity index (χ0n) is 36.7. The van der Waals surface area contributed by atoms with Crippen molar-refractivity contribution in [1.29, 1.82) is 0 Å². The van der Waals surface area contributed by atoms with Crippen LogP contribution in [-0.2, 0) is 5.41 Å². The summed E-state index contributed by atoms with van der Waals surface area (Å²) >= 11 is 0. The van der Waals surface area contributed by atoms with Gasteiger partial charge in [0.1, 0.15) is 33.5 Å². The maximum Gasteiger partial charge on any atom is 0.167 e. The van der Waals surface area contributed by atoms with Crippen molar-refractivity contribution in [2.45, 2.75) is 43.9 Å². The Morgan fingerprint density at radius 2 is 0.791 bits per heavy atom. The van der Waals surface area contributed by atoms with Crippen molar-refractivity contribution in [2.75, 3.05) is 0 Å². The highest BCUT2D eigenvalue weighted by Gasteiger charge is 2.51. The van der Waals surface area contributed by atoms with Gasteiger partial charge in [-0.3, -0.25) is 0 Å². The summed E-state index contributed by atoms with van der Waals surface area (Å²) in [5, 5.41) is 6.34. The highest BCUT2D eigenvalue weighted by Crippen LogP contribution is 2.61. The molecule has 320 valence electrons. The summed E-state index contributed by atoms with van der Waals surface area (Å²) in [6.07, 6.45) is 8.34. The third-order valence-electron chi connectivity index (χ3n) is 15.7. The van der Waals surface area contributed by atoms with E-state index in [2.05, 4.69) is 109 Å². The molecule has 4 aromatic heterocycles. The molecule has 0 spiro atoms. The number of para-hydroxylation sites is 5. The lowest BCUT2D eigenvalue weighted by Crippen LogP contribution is -2.48. The average molecular weight is 866 g/mol. The smallest absolute Gasteiger partial charge is 0.167 e. The number of fused-ring (bicyclic) bond motifs is 9. The second-order valence-corrected chi connectivity index (χ2v) is 19.8. The SMILES string of the molecule is c1ccc2c(c1)oc1cc(-c3cc(-c4ccc(C56CC7CC(CC(C7)C5)C6)cc4)cc(-c4nc(-c5cccc6c5oc5ccccc56)nc(-c5cccc6c5oc5ccccc56)n4)c3)ccc12. The molecule has 0 amide bonds. The van der Waals surface area contributed by atoms with E-state index in [9.17, 15) is 0 Å². The van der Waals surface area contributed by atoms with Crippen molar-refractivity contribution in [3.05, 3.63) is 175 Å². The molecule has 4 aliphatic rings. The average Bonchev–Trinajstić information content (AvgIpc) is 4.07. The first-order chi connectivity index (χ1) is 33.1. The topological polar surface area (TPSA) is 78.1 Å². The molecule has 6 nitrogen and oxygen atoms in total. The Morgan fingerprint density at radius 3 is 1.37 bits per heavy atom. The van der Waals surface area contributed by atoms with Gasteiger partial charge < -0.3 is 13.3 Å². The van der Waals surface area contributed by atoms with Crippen molar-refractivity contribution in [3.63, 3.8) is 0 Å². The summed E-state index contributed by atoms with van der Waals surface area (Å²) in [6, 6.07) is 59.9. The first-order valence-corrected chi connectivity index (χ1v) is 23.8. The Labute approximate surface area is 385 Å². The Hall–Kier alpha value is -7.83. The van der Waals surface area contributed by atoms with Crippen LogP contribution < -0.4 is 0 Å². The Kier molecular flexibility index (Phi) is 7.86. The molecule has 4 heterocycles. The minimum Gasteiger partial charge on any atom is -0.456 e. The second kappa shape index (κ2) is 14.1. The fourth-order valence-electron chi connectivity index (χ4n) is 13.1. The zero-order valence-corrected chi connectivity index (χ0v) is 36.7. The highest BCUT2D eigenvalue weighted by molar-refractivity contribution is 6.11. The normalized spacial score (nSPS) is 20.1. The van der Waals surface area contributed by atoms with Gasteiger partial charge in [0.15, 0.2) is 17.5 Å². The molecule has 4 fully saturated rings. The molecular weight excluding hydrogens is 823 g/mol. The Bertz CT molecular complexity index is 3820. The number of hydrogen-bond acceptors (Lipinski definition) is 6. The van der Waals surface area contributed by atoms with Gasteiger partial charge in [-0.15, -0.1) is 0 Å². The van der Waals surface area contributed by atoms with Gasteiger partial charge in [0, 0.05) is 37.9 Å². The number of nitrogens with zero attached hydrogens (tertiary/aromatic N) is 3. The van der Waals surface area contributed by atoms with Gasteiger partial charge in [0.25, 0.3) is 0 Å². The third-order valence-corrected chi connectivity index (χ3v) is 15.7. The van der Waals surface area contributed by atoms with Gasteiger partial charge in [0.2, 0.25) is 0 Å². The molecule has 4 bridgehead atoms. The molecule has 4 saturated carbocycles. The maximum absolute atomic E-state index is 6.61. The standard InChI is InChI=1S/C61H43N3O3/c1-4-16-52-44(9-1)47-24-21-39(31-55(47)65-52)41-28-40(38-19-22-43(23-20-38)61-32-35-25-36(33-61)27-37(26-35)34-61)29-42(30-41)58-62-59(50-14-7-12-48-45-10-2-5-17-53(45)66-56(48)50)64-60(63-58)51-15-8-13-49-46-11-3-6-18-54(46)67-57(49)51/h1-24,28-31,35-37H,25-27,32-34H2. The summed E-state index contributed by atoms with van der Waals surface area (Å²) < 4.78 is 19.7. The molecule has 0 aliphatic heterocycles. The van der Waals surface area contributed by atoms with Crippen LogP contribution in [0, 0.1) is 17.8 Å². The van der Waals surface area contributed by atoms with E-state index in [-0.39, 0.29) is 0 Å². The van der Waals surface area contributed by atoms with Gasteiger partial charge in [-0.2, -0.15) is 0 Å². The molecule has 8 aromatic carbocycles. The predicted octanol–water partition coefficient (Wildman–Crippen LogP) is 16.4. The van der Waals surface area contributed by atoms with Crippen molar-refractivity contribution in [2.24, 2.45) is 17.8 Å². The molecule has 0 N–H and O–H groups in total. The van der Waals surface area contributed by atoms with Gasteiger partial charge in [-0.25, -0.2) is 15.0 Å². The lowest BCUT2D eigenvalue weighted by Gasteiger charge is -2.57. The van der Waals surface area contributed by atoms with E-state index in [4.69, 9.17) is 28.2 Å². The zero-order chi connectivity index (χ0) is 43.8. The monoisotopic (exact) mass is 865 g/mol. The second-order valence-electron chi connectivity index (χ2n) is 19.8. The minimum absolute atomic E-state index is 0.325. The van der Waals surface area contributed by atoms with Crippen LogP contribution in [-0.4, -0.2) is 15.0 Å². The van der Waals surface area contributed by atoms with Crippen LogP contribution >= 0.6 is 0 Å². The fourth-order valence-corrected chi connectivity index (χ4v) is 13.1. The van der Waals surface area contributed by atoms with E-state index in [1.807, 2.05) is 60.7 Å². The molecule has 67 heavy (non-hydrogen) atoms. The summed E-state index contributed by atoms with van der Waals surface area (Å²) in [7, 11) is 0. The molecule has 0 atom stereocenters. The van der Waals surface area contributed by atoms with E-state index < -0.39 is 0 Å². The summed E-state index contributed by atoms with van der Waals surface area (Å²) in [4.78, 5) is 16.0. The highest BCUT2D eigenvalue weighted by atomic mass is 16.3. The van der Waals surface area contributed by atoms with Gasteiger partial charge in [0.05, 0.1) is 11.1 Å². The van der Waals surface area contributed by atoms with Crippen LogP contribution in [0.15, 0.2) is 183 Å². The van der Waals surface area contributed by atoms with E-state index in [1.54, 1.807) is 0 Å².